The molecule has 26 heavy (non-hydrogen) atoms. The largest absolute Gasteiger partial charge is 0.507 e. The van der Waals surface area contributed by atoms with Crippen LogP contribution in [-0.4, -0.2) is 23.4 Å². The molecule has 3 nitrogen and oxygen atoms in total. The number of ether oxygens (including phenoxy) is 1. The van der Waals surface area contributed by atoms with Crippen molar-refractivity contribution >= 4 is 17.7 Å². The van der Waals surface area contributed by atoms with Gasteiger partial charge < -0.3 is 9.84 Å². The van der Waals surface area contributed by atoms with Crippen molar-refractivity contribution in [2.75, 3.05) is 12.4 Å². The summed E-state index contributed by atoms with van der Waals surface area (Å²) in [5.41, 5.74) is 2.34. The number of unbranched alkanes of at least 4 members (excludes halogenated alkanes) is 3. The fourth-order valence-corrected chi connectivity index (χ4v) is 3.44. The van der Waals surface area contributed by atoms with E-state index < -0.39 is 0 Å². The fraction of sp³-hybridized carbons (Fsp3) is 0.318. The Kier molecular flexibility index (Phi) is 8.29. The first-order valence-corrected chi connectivity index (χ1v) is 9.90. The zero-order valence-corrected chi connectivity index (χ0v) is 16.1. The number of hydrogen-bond acceptors (Lipinski definition) is 4. The summed E-state index contributed by atoms with van der Waals surface area (Å²) in [5.74, 6) is 1.04. The van der Waals surface area contributed by atoms with Gasteiger partial charge in [0.15, 0.2) is 0 Å². The average molecular weight is 371 g/mol. The molecule has 0 spiro atoms. The Hall–Kier alpha value is -2.20. The summed E-state index contributed by atoms with van der Waals surface area (Å²) in [6, 6.07) is 15.7. The van der Waals surface area contributed by atoms with Crippen molar-refractivity contribution < 1.29 is 14.6 Å². The van der Waals surface area contributed by atoms with Crippen molar-refractivity contribution in [1.29, 1.82) is 0 Å². The normalized spacial score (nSPS) is 10.5. The second-order valence-electron chi connectivity index (χ2n) is 6.22. The topological polar surface area (TPSA) is 46.5 Å². The first kappa shape index (κ1) is 20.1. The highest BCUT2D eigenvalue weighted by atomic mass is 32.2. The van der Waals surface area contributed by atoms with E-state index in [1.54, 1.807) is 24.8 Å². The minimum Gasteiger partial charge on any atom is -0.507 e. The Morgan fingerprint density at radius 3 is 2.54 bits per heavy atom. The lowest BCUT2D eigenvalue weighted by atomic mass is 10.1. The quantitative estimate of drug-likeness (QED) is 0.247. The van der Waals surface area contributed by atoms with Crippen molar-refractivity contribution in [3.05, 3.63) is 60.7 Å². The molecule has 0 heterocycles. The van der Waals surface area contributed by atoms with Crippen molar-refractivity contribution in [3.63, 3.8) is 0 Å². The van der Waals surface area contributed by atoms with Crippen molar-refractivity contribution in [3.8, 4) is 16.9 Å². The molecule has 138 valence electrons. The summed E-state index contributed by atoms with van der Waals surface area (Å²) in [6.07, 6.45) is 4.16. The molecule has 0 aromatic heterocycles. The number of phenolic OH excluding ortho intramolecular Hbond substituents is 1. The van der Waals surface area contributed by atoms with Crippen molar-refractivity contribution in [1.82, 2.24) is 0 Å². The zero-order chi connectivity index (χ0) is 18.8. The van der Waals surface area contributed by atoms with Gasteiger partial charge in [-0.05, 0) is 49.3 Å². The van der Waals surface area contributed by atoms with Crippen LogP contribution in [0.2, 0.25) is 0 Å². The number of carbonyl (C=O) groups excluding carboxylic acids is 1. The van der Waals surface area contributed by atoms with Gasteiger partial charge in [0.1, 0.15) is 5.75 Å². The summed E-state index contributed by atoms with van der Waals surface area (Å²) < 4.78 is 5.08. The van der Waals surface area contributed by atoms with E-state index in [1.165, 1.54) is 0 Å². The molecule has 2 aromatic rings. The summed E-state index contributed by atoms with van der Waals surface area (Å²) in [4.78, 5) is 12.4. The molecule has 4 heteroatoms. The molecule has 0 bridgehead atoms. The van der Waals surface area contributed by atoms with E-state index in [-0.39, 0.29) is 5.97 Å². The Morgan fingerprint density at radius 1 is 1.08 bits per heavy atom. The minimum atomic E-state index is -0.304. The Bertz CT molecular complexity index is 725. The lowest BCUT2D eigenvalue weighted by Crippen LogP contribution is -2.06. The smallest absolute Gasteiger partial charge is 0.333 e. The number of carbonyl (C=O) groups is 1. The van der Waals surface area contributed by atoms with E-state index in [2.05, 4.69) is 6.58 Å². The van der Waals surface area contributed by atoms with Gasteiger partial charge in [0, 0.05) is 16.0 Å². The average Bonchev–Trinajstić information content (AvgIpc) is 2.65. The highest BCUT2D eigenvalue weighted by Gasteiger charge is 2.06. The second kappa shape index (κ2) is 10.7. The standard InChI is InChI=1S/C22H26O3S/c1-17(2)22(24)25-14-8-3-4-9-15-26-19-12-13-21(23)20(16-19)18-10-6-5-7-11-18/h5-7,10-13,16,23H,1,3-4,8-9,14-15H2,2H3. The monoisotopic (exact) mass is 370 g/mol. The van der Waals surface area contributed by atoms with Crippen LogP contribution in [-0.2, 0) is 9.53 Å². The molecular formula is C22H26O3S. The molecule has 0 fully saturated rings. The lowest BCUT2D eigenvalue weighted by molar-refractivity contribution is -0.139. The summed E-state index contributed by atoms with van der Waals surface area (Å²) >= 11 is 1.80. The van der Waals surface area contributed by atoms with Gasteiger partial charge in [-0.3, -0.25) is 0 Å². The fourth-order valence-electron chi connectivity index (χ4n) is 2.49. The van der Waals surface area contributed by atoms with Gasteiger partial charge in [-0.1, -0.05) is 49.8 Å². The van der Waals surface area contributed by atoms with E-state index in [0.29, 0.717) is 17.9 Å². The Labute approximate surface area is 160 Å². The van der Waals surface area contributed by atoms with Crippen LogP contribution >= 0.6 is 11.8 Å². The van der Waals surface area contributed by atoms with Gasteiger partial charge in [0.05, 0.1) is 6.61 Å². The minimum absolute atomic E-state index is 0.304. The van der Waals surface area contributed by atoms with E-state index in [9.17, 15) is 9.90 Å². The SMILES string of the molecule is C=C(C)C(=O)OCCCCCCSc1ccc(O)c(-c2ccccc2)c1. The predicted octanol–water partition coefficient (Wildman–Crippen LogP) is 5.83. The van der Waals surface area contributed by atoms with Crippen molar-refractivity contribution in [2.45, 2.75) is 37.5 Å². The maximum atomic E-state index is 11.2. The van der Waals surface area contributed by atoms with Gasteiger partial charge in [-0.15, -0.1) is 11.8 Å². The third kappa shape index (κ3) is 6.60. The molecule has 2 rings (SSSR count). The molecule has 0 aliphatic heterocycles. The van der Waals surface area contributed by atoms with Crippen LogP contribution in [0.15, 0.2) is 65.6 Å². The van der Waals surface area contributed by atoms with E-state index >= 15 is 0 Å². The number of phenols is 1. The van der Waals surface area contributed by atoms with E-state index in [4.69, 9.17) is 4.74 Å². The van der Waals surface area contributed by atoms with Crippen molar-refractivity contribution in [2.24, 2.45) is 0 Å². The third-order valence-electron chi connectivity index (χ3n) is 3.94. The molecule has 2 aromatic carbocycles. The first-order chi connectivity index (χ1) is 12.6. The zero-order valence-electron chi connectivity index (χ0n) is 15.2. The molecule has 0 atom stereocenters. The molecule has 1 N–H and O–H groups in total. The van der Waals surface area contributed by atoms with Crippen LogP contribution in [0.4, 0.5) is 0 Å². The van der Waals surface area contributed by atoms with E-state index in [0.717, 1.165) is 47.5 Å². The first-order valence-electron chi connectivity index (χ1n) is 8.92. The number of hydrogen-bond donors (Lipinski definition) is 1. The number of rotatable bonds is 10. The maximum Gasteiger partial charge on any atom is 0.333 e. The molecule has 0 saturated carbocycles. The van der Waals surface area contributed by atoms with Crippen LogP contribution in [0.1, 0.15) is 32.6 Å². The number of aromatic hydroxyl groups is 1. The maximum absolute atomic E-state index is 11.2. The molecule has 0 amide bonds. The van der Waals surface area contributed by atoms with Crippen LogP contribution in [0.3, 0.4) is 0 Å². The predicted molar refractivity (Wildman–Crippen MR) is 109 cm³/mol. The summed E-state index contributed by atoms with van der Waals surface area (Å²) in [5, 5.41) is 10.1. The molecule has 0 unspecified atom stereocenters. The number of benzene rings is 2. The summed E-state index contributed by atoms with van der Waals surface area (Å²) in [7, 11) is 0. The molecule has 0 aliphatic carbocycles. The van der Waals surface area contributed by atoms with Gasteiger partial charge in [-0.25, -0.2) is 4.79 Å². The van der Waals surface area contributed by atoms with Gasteiger partial charge in [0.25, 0.3) is 0 Å². The van der Waals surface area contributed by atoms with Gasteiger partial charge in [-0.2, -0.15) is 0 Å². The van der Waals surface area contributed by atoms with E-state index in [1.807, 2.05) is 42.5 Å². The van der Waals surface area contributed by atoms with Crippen LogP contribution in [0, 0.1) is 0 Å². The molecule has 0 radical (unpaired) electrons. The molecular weight excluding hydrogens is 344 g/mol. The summed E-state index contributed by atoms with van der Waals surface area (Å²) in [6.45, 7) is 5.69. The van der Waals surface area contributed by atoms with Crippen LogP contribution in [0.25, 0.3) is 11.1 Å². The van der Waals surface area contributed by atoms with Gasteiger partial charge >= 0.3 is 5.97 Å². The third-order valence-corrected chi connectivity index (χ3v) is 5.02. The highest BCUT2D eigenvalue weighted by Crippen LogP contribution is 2.33. The van der Waals surface area contributed by atoms with Crippen LogP contribution in [0.5, 0.6) is 5.75 Å². The molecule has 0 aliphatic rings. The number of esters is 1. The lowest BCUT2D eigenvalue weighted by Gasteiger charge is -2.08. The van der Waals surface area contributed by atoms with Crippen LogP contribution < -0.4 is 0 Å². The molecule has 0 saturated heterocycles. The Balaban J connectivity index is 1.69. The highest BCUT2D eigenvalue weighted by molar-refractivity contribution is 7.99. The van der Waals surface area contributed by atoms with Gasteiger partial charge in [0.2, 0.25) is 0 Å². The number of thioether (sulfide) groups is 1. The second-order valence-corrected chi connectivity index (χ2v) is 7.39. The Morgan fingerprint density at radius 2 is 1.81 bits per heavy atom.